The Morgan fingerprint density at radius 1 is 0.793 bits per heavy atom. The van der Waals surface area contributed by atoms with Gasteiger partial charge in [-0.3, -0.25) is 0 Å². The van der Waals surface area contributed by atoms with Crippen LogP contribution in [0.15, 0.2) is 66.8 Å². The first-order valence-corrected chi connectivity index (χ1v) is 40.6. The fourth-order valence-electron chi connectivity index (χ4n) is 8.56. The molecule has 0 fully saturated rings. The van der Waals surface area contributed by atoms with Gasteiger partial charge in [-0.05, 0) is 0 Å². The molecule has 0 N–H and O–H groups in total. The van der Waals surface area contributed by atoms with E-state index in [0.29, 0.717) is 9.59 Å². The van der Waals surface area contributed by atoms with Crippen LogP contribution in [0.25, 0.3) is 16.8 Å². The first-order valence-electron chi connectivity index (χ1n) is 11.5. The van der Waals surface area contributed by atoms with Crippen LogP contribution in [0.5, 0.6) is 0 Å². The third kappa shape index (κ3) is 2.19. The van der Waals surface area contributed by atoms with Crippen LogP contribution in [0.2, 0.25) is 36.4 Å². The third-order valence-corrected chi connectivity index (χ3v) is 55.7. The number of hydrogen-bond donors (Lipinski definition) is 0. The fraction of sp³-hybridized carbons (Fsp3) is 0.429. The van der Waals surface area contributed by atoms with Gasteiger partial charge in [0.05, 0.1) is 0 Å². The van der Waals surface area contributed by atoms with Crippen molar-refractivity contribution in [3.05, 3.63) is 77.9 Å². The average Bonchev–Trinajstić information content (AvgIpc) is 3.20. The fourth-order valence-corrected chi connectivity index (χ4v) is 50.4. The van der Waals surface area contributed by atoms with E-state index in [1.807, 2.05) is 0 Å². The zero-order chi connectivity index (χ0) is 21.8. The first-order chi connectivity index (χ1) is 12.6. The van der Waals surface area contributed by atoms with Crippen LogP contribution in [0, 0.1) is 5.92 Å². The van der Waals surface area contributed by atoms with E-state index in [-0.39, 0.29) is 3.17 Å². The zero-order valence-corrected chi connectivity index (χ0v) is 23.7. The molecule has 0 saturated carbocycles. The minimum absolute atomic E-state index is 0.0927. The van der Waals surface area contributed by atoms with E-state index in [9.17, 15) is 0 Å². The summed E-state index contributed by atoms with van der Waals surface area (Å²) in [6.45, 7) is 4.88. The van der Waals surface area contributed by atoms with Crippen molar-refractivity contribution in [1.82, 2.24) is 0 Å². The standard InChI is InChI=1S/C16H15.C5H5.7CH3.Hf/c1-11(2)15-8-7-14-9-12-5-3-4-6-13(12)10-16(14)15;1-2-4-5-3-1;;;;;;;;/h3-11H,1-2H3;1-5H;7*1H3;. The zero-order valence-electron chi connectivity index (χ0n) is 20.1. The van der Waals surface area contributed by atoms with Crippen molar-refractivity contribution in [3.63, 3.8) is 0 Å². The molecule has 0 spiro atoms. The summed E-state index contributed by atoms with van der Waals surface area (Å²) in [5, 5.41) is 2.67. The molecular weight excluding hydrogens is 515 g/mol. The van der Waals surface area contributed by atoms with Crippen molar-refractivity contribution in [2.75, 3.05) is 0 Å². The normalized spacial score (nSPS) is 29.0. The molecule has 0 bridgehead atoms. The van der Waals surface area contributed by atoms with Gasteiger partial charge in [-0.2, -0.15) is 0 Å². The Morgan fingerprint density at radius 2 is 1.31 bits per heavy atom. The maximum atomic E-state index is 2.71. The molecule has 0 radical (unpaired) electrons. The van der Waals surface area contributed by atoms with E-state index >= 15 is 0 Å². The number of benzene rings is 2. The molecule has 0 aromatic heterocycles. The van der Waals surface area contributed by atoms with Gasteiger partial charge in [-0.1, -0.05) is 0 Å². The first kappa shape index (κ1) is 21.0. The Kier molecular flexibility index (Phi) is 2.58. The Bertz CT molecular complexity index is 1220. The minimum atomic E-state index is -5.65. The summed E-state index contributed by atoms with van der Waals surface area (Å²) in [6.07, 6.45) is 14.5. The van der Waals surface area contributed by atoms with Crippen LogP contribution in [-0.2, 0) is 15.8 Å². The van der Waals surface area contributed by atoms with Crippen LogP contribution in [0.1, 0.15) is 25.0 Å². The molecule has 0 nitrogen and oxygen atoms in total. The molecule has 0 heterocycles. The summed E-state index contributed by atoms with van der Waals surface area (Å²) in [4.78, 5) is 0. The van der Waals surface area contributed by atoms with Gasteiger partial charge in [0.2, 0.25) is 0 Å². The summed E-state index contributed by atoms with van der Waals surface area (Å²) in [7, 11) is 0. The third-order valence-electron chi connectivity index (χ3n) is 10.2. The molecule has 1 atom stereocenters. The van der Waals surface area contributed by atoms with Gasteiger partial charge in [-0.15, -0.1) is 0 Å². The monoisotopic (exact) mass is 557 g/mol. The van der Waals surface area contributed by atoms with Gasteiger partial charge in [-0.25, -0.2) is 0 Å². The molecule has 0 aliphatic heterocycles. The predicted molar refractivity (Wildman–Crippen MR) is 133 cm³/mol. The molecule has 2 aliphatic rings. The van der Waals surface area contributed by atoms with E-state index in [1.54, 1.807) is 0 Å². The number of rotatable bonds is 3. The molecule has 1 heteroatoms. The van der Waals surface area contributed by atoms with Gasteiger partial charge in [0.1, 0.15) is 0 Å². The van der Waals surface area contributed by atoms with Crippen molar-refractivity contribution < 1.29 is 12.6 Å². The van der Waals surface area contributed by atoms with Gasteiger partial charge in [0, 0.05) is 0 Å². The van der Waals surface area contributed by atoms with Gasteiger partial charge in [0.15, 0.2) is 0 Å². The number of fused-ring (bicyclic) bond motifs is 2. The van der Waals surface area contributed by atoms with Crippen molar-refractivity contribution in [3.8, 4) is 0 Å². The Balaban J connectivity index is 2.31. The summed E-state index contributed by atoms with van der Waals surface area (Å²) in [6, 6.07) is 13.7. The molecule has 2 aliphatic carbocycles. The average molecular weight is 556 g/mol. The van der Waals surface area contributed by atoms with E-state index in [0.717, 1.165) is 0 Å². The van der Waals surface area contributed by atoms with Crippen LogP contribution >= 0.6 is 0 Å². The Morgan fingerprint density at radius 3 is 1.83 bits per heavy atom. The van der Waals surface area contributed by atoms with E-state index in [1.165, 1.54) is 21.9 Å². The van der Waals surface area contributed by atoms with Crippen LogP contribution < -0.4 is 0 Å². The van der Waals surface area contributed by atoms with Gasteiger partial charge < -0.3 is 0 Å². The molecule has 1 unspecified atom stereocenters. The summed E-state index contributed by atoms with van der Waals surface area (Å²) in [5.41, 5.74) is 2.90. The van der Waals surface area contributed by atoms with Crippen molar-refractivity contribution in [1.29, 1.82) is 0 Å². The van der Waals surface area contributed by atoms with Gasteiger partial charge >= 0.3 is 167 Å². The number of hydrogen-bond acceptors (Lipinski definition) is 0. The van der Waals surface area contributed by atoms with Crippen LogP contribution in [-0.4, -0.2) is 0 Å². The SMILES string of the molecule is CC(C)[C]1([Hf]([CH3])([CH3])([CH3])([CH3])([CH3])([CH3])([CH3])[CH]2C=CC=C2)C=Cc2cc3ccccc3cc21. The number of allylic oxidation sites excluding steroid dienone is 5. The summed E-state index contributed by atoms with van der Waals surface area (Å²) < 4.78 is 19.2. The van der Waals surface area contributed by atoms with Crippen molar-refractivity contribution in [2.45, 2.75) is 53.5 Å². The molecular formula is C28H41Hf. The molecule has 0 saturated heterocycles. The van der Waals surface area contributed by atoms with Gasteiger partial charge in [0.25, 0.3) is 0 Å². The van der Waals surface area contributed by atoms with E-state index < -0.39 is 12.6 Å². The molecule has 2 aromatic rings. The topological polar surface area (TPSA) is 0 Å². The Labute approximate surface area is 166 Å². The van der Waals surface area contributed by atoms with E-state index in [4.69, 9.17) is 0 Å². The molecule has 157 valence electrons. The van der Waals surface area contributed by atoms with E-state index in [2.05, 4.69) is 119 Å². The van der Waals surface area contributed by atoms with Crippen LogP contribution in [0.4, 0.5) is 0 Å². The Hall–Kier alpha value is -1.21. The van der Waals surface area contributed by atoms with Crippen LogP contribution in [0.3, 0.4) is 0 Å². The summed E-state index contributed by atoms with van der Waals surface area (Å²) >= 11 is -5.65. The molecule has 29 heavy (non-hydrogen) atoms. The second kappa shape index (κ2) is 3.56. The quantitative estimate of drug-likeness (QED) is 0.331. The second-order valence-corrected chi connectivity index (χ2v) is 130. The molecule has 4 rings (SSSR count). The maximum absolute atomic E-state index is 5.65. The van der Waals surface area contributed by atoms with Crippen molar-refractivity contribution >= 4 is 16.8 Å². The molecule has 2 aromatic carbocycles. The summed E-state index contributed by atoms with van der Waals surface area (Å²) in [5.74, 6) is 0.448. The second-order valence-electron chi connectivity index (χ2n) is 20.9. The predicted octanol–water partition coefficient (Wildman–Crippen LogP) is 9.80. The van der Waals surface area contributed by atoms with Crippen molar-refractivity contribution in [2.24, 2.45) is 5.92 Å². The molecule has 0 amide bonds.